The Morgan fingerprint density at radius 3 is 2.74 bits per heavy atom. The predicted molar refractivity (Wildman–Crippen MR) is 103 cm³/mol. The van der Waals surface area contributed by atoms with Gasteiger partial charge in [-0.2, -0.15) is 0 Å². The normalized spacial score (nSPS) is 24.6. The van der Waals surface area contributed by atoms with E-state index in [2.05, 4.69) is 9.98 Å². The lowest BCUT2D eigenvalue weighted by atomic mass is 9.87. The van der Waals surface area contributed by atoms with Crippen molar-refractivity contribution in [3.05, 3.63) is 64.7 Å². The molecule has 3 heterocycles. The number of aliphatic imine (C=N–C) groups is 1. The van der Waals surface area contributed by atoms with Crippen LogP contribution in [0.1, 0.15) is 21.6 Å². The van der Waals surface area contributed by atoms with Gasteiger partial charge in [-0.15, -0.1) is 0 Å². The summed E-state index contributed by atoms with van der Waals surface area (Å²) in [5.41, 5.74) is 3.76. The number of carbonyl (C=O) groups excluding carboxylic acids is 1. The summed E-state index contributed by atoms with van der Waals surface area (Å²) < 4.78 is 73.6. The monoisotopic (exact) mass is 454 g/mol. The predicted octanol–water partition coefficient (Wildman–Crippen LogP) is 1.11. The van der Waals surface area contributed by atoms with Crippen LogP contribution in [0.4, 0.5) is 13.2 Å². The van der Waals surface area contributed by atoms with Gasteiger partial charge < -0.3 is 10.5 Å². The third-order valence-electron chi connectivity index (χ3n) is 5.44. The summed E-state index contributed by atoms with van der Waals surface area (Å²) in [6.07, 6.45) is 0.336. The average molecular weight is 454 g/mol. The molecular weight excluding hydrogens is 437 g/mol. The molecule has 2 atom stereocenters. The van der Waals surface area contributed by atoms with Crippen molar-refractivity contribution in [1.29, 1.82) is 0 Å². The fourth-order valence-corrected chi connectivity index (χ4v) is 5.49. The van der Waals surface area contributed by atoms with E-state index in [4.69, 9.17) is 10.5 Å². The van der Waals surface area contributed by atoms with Crippen LogP contribution in [0.3, 0.4) is 0 Å². The molecule has 4 rings (SSSR count). The molecule has 2 aromatic rings. The van der Waals surface area contributed by atoms with Gasteiger partial charge in [0.25, 0.3) is 0 Å². The number of halogens is 3. The van der Waals surface area contributed by atoms with Gasteiger partial charge in [0.2, 0.25) is 16.0 Å². The SMILES string of the molecule is CN1C(N)=N[C@@]2(c3cc(CC(=O)c4ncc(F)cc4F)ccc3F)COCC2S1(=O)=O. The van der Waals surface area contributed by atoms with Crippen molar-refractivity contribution < 1.29 is 31.1 Å². The number of ketones is 1. The Morgan fingerprint density at radius 1 is 1.29 bits per heavy atom. The Hall–Kier alpha value is -2.99. The highest BCUT2D eigenvalue weighted by atomic mass is 32.2. The Morgan fingerprint density at radius 2 is 2.03 bits per heavy atom. The van der Waals surface area contributed by atoms with Crippen molar-refractivity contribution in [3.63, 3.8) is 0 Å². The van der Waals surface area contributed by atoms with Gasteiger partial charge in [0.1, 0.15) is 28.1 Å². The molecule has 2 aliphatic heterocycles. The quantitative estimate of drug-likeness (QED) is 0.692. The number of benzene rings is 1. The first-order chi connectivity index (χ1) is 14.6. The van der Waals surface area contributed by atoms with Crippen molar-refractivity contribution >= 4 is 21.8 Å². The first kappa shape index (κ1) is 21.2. The number of pyridine rings is 1. The Kier molecular flexibility index (Phi) is 5.01. The van der Waals surface area contributed by atoms with Crippen LogP contribution in [0.2, 0.25) is 0 Å². The van der Waals surface area contributed by atoms with Crippen LogP contribution < -0.4 is 5.73 Å². The van der Waals surface area contributed by atoms with Crippen molar-refractivity contribution in [2.45, 2.75) is 17.2 Å². The summed E-state index contributed by atoms with van der Waals surface area (Å²) in [6, 6.07) is 4.19. The van der Waals surface area contributed by atoms with E-state index in [1.165, 1.54) is 19.2 Å². The molecule has 0 saturated carbocycles. The number of hydrogen-bond donors (Lipinski definition) is 1. The van der Waals surface area contributed by atoms with Crippen LogP contribution >= 0.6 is 0 Å². The zero-order chi connectivity index (χ0) is 22.6. The number of fused-ring (bicyclic) bond motifs is 1. The van der Waals surface area contributed by atoms with Crippen LogP contribution in [-0.2, 0) is 26.7 Å². The van der Waals surface area contributed by atoms with Crippen LogP contribution in [0.25, 0.3) is 0 Å². The number of aromatic nitrogens is 1. The zero-order valence-corrected chi connectivity index (χ0v) is 17.0. The van der Waals surface area contributed by atoms with E-state index in [-0.39, 0.29) is 36.7 Å². The van der Waals surface area contributed by atoms with Gasteiger partial charge in [0, 0.05) is 25.1 Å². The van der Waals surface area contributed by atoms with Gasteiger partial charge in [-0.3, -0.25) is 4.79 Å². The third kappa shape index (κ3) is 3.35. The molecular formula is C19H17F3N4O4S. The van der Waals surface area contributed by atoms with E-state index in [9.17, 15) is 26.4 Å². The highest BCUT2D eigenvalue weighted by molar-refractivity contribution is 7.90. The van der Waals surface area contributed by atoms with E-state index in [1.54, 1.807) is 0 Å². The molecule has 2 N–H and O–H groups in total. The summed E-state index contributed by atoms with van der Waals surface area (Å²) >= 11 is 0. The van der Waals surface area contributed by atoms with Crippen molar-refractivity contribution in [2.75, 3.05) is 20.3 Å². The van der Waals surface area contributed by atoms with Gasteiger partial charge in [-0.05, 0) is 17.7 Å². The standard InChI is InChI=1S/C19H17F3N4O4S/c1-26-18(23)25-19(9-30-8-16(19)31(26,28)29)12-4-10(2-3-13(12)21)5-15(27)17-14(22)6-11(20)7-24-17/h2-4,6-7,16H,5,8-9H2,1H3,(H2,23,25)/t16?,19-/m1/s1. The summed E-state index contributed by atoms with van der Waals surface area (Å²) in [7, 11) is -2.73. The molecule has 164 valence electrons. The lowest BCUT2D eigenvalue weighted by molar-refractivity contribution is 0.0983. The third-order valence-corrected chi connectivity index (χ3v) is 7.63. The molecule has 12 heteroatoms. The topological polar surface area (TPSA) is 115 Å². The number of Topliss-reactive ketones (excluding diaryl/α,β-unsaturated/α-hetero) is 1. The van der Waals surface area contributed by atoms with Crippen LogP contribution in [0, 0.1) is 17.5 Å². The summed E-state index contributed by atoms with van der Waals surface area (Å²) in [6.45, 7) is -0.440. The molecule has 31 heavy (non-hydrogen) atoms. The second-order valence-corrected chi connectivity index (χ2v) is 9.46. The molecule has 1 aromatic carbocycles. The van der Waals surface area contributed by atoms with E-state index < -0.39 is 49.7 Å². The fourth-order valence-electron chi connectivity index (χ4n) is 3.80. The van der Waals surface area contributed by atoms with E-state index in [1.807, 2.05) is 0 Å². The molecule has 0 amide bonds. The maximum Gasteiger partial charge on any atom is 0.245 e. The van der Waals surface area contributed by atoms with Crippen LogP contribution in [0.15, 0.2) is 35.5 Å². The highest BCUT2D eigenvalue weighted by Crippen LogP contribution is 2.43. The highest BCUT2D eigenvalue weighted by Gasteiger charge is 2.58. The summed E-state index contributed by atoms with van der Waals surface area (Å²) in [4.78, 5) is 20.2. The maximum atomic E-state index is 14.9. The number of hydrogen-bond acceptors (Lipinski definition) is 7. The van der Waals surface area contributed by atoms with E-state index in [0.29, 0.717) is 12.3 Å². The molecule has 1 unspecified atom stereocenters. The van der Waals surface area contributed by atoms with Gasteiger partial charge in [-0.1, -0.05) is 6.07 Å². The summed E-state index contributed by atoms with van der Waals surface area (Å²) in [5, 5.41) is -1.21. The van der Waals surface area contributed by atoms with Crippen molar-refractivity contribution in [2.24, 2.45) is 10.7 Å². The second kappa shape index (κ2) is 7.31. The fraction of sp³-hybridized carbons (Fsp3) is 0.316. The number of carbonyl (C=O) groups is 1. The van der Waals surface area contributed by atoms with E-state index in [0.717, 1.165) is 10.4 Å². The van der Waals surface area contributed by atoms with Gasteiger partial charge in [-0.25, -0.2) is 35.9 Å². The number of nitrogens with two attached hydrogens (primary N) is 1. The second-order valence-electron chi connectivity index (χ2n) is 7.31. The Balaban J connectivity index is 1.76. The molecule has 1 saturated heterocycles. The molecule has 0 bridgehead atoms. The lowest BCUT2D eigenvalue weighted by Crippen LogP contribution is -2.57. The maximum absolute atomic E-state index is 14.9. The van der Waals surface area contributed by atoms with Crippen LogP contribution in [-0.4, -0.2) is 55.0 Å². The minimum atomic E-state index is -3.98. The molecule has 0 aliphatic carbocycles. The minimum absolute atomic E-state index is 0.104. The average Bonchev–Trinajstić information content (AvgIpc) is 3.13. The lowest BCUT2D eigenvalue weighted by Gasteiger charge is -2.38. The minimum Gasteiger partial charge on any atom is -0.377 e. The van der Waals surface area contributed by atoms with Gasteiger partial charge in [0.05, 0.1) is 19.4 Å². The number of rotatable bonds is 4. The number of sulfonamides is 1. The first-order valence-corrected chi connectivity index (χ1v) is 10.6. The van der Waals surface area contributed by atoms with Crippen molar-refractivity contribution in [3.8, 4) is 0 Å². The van der Waals surface area contributed by atoms with Gasteiger partial charge >= 0.3 is 0 Å². The Bertz CT molecular complexity index is 1220. The molecule has 1 aromatic heterocycles. The van der Waals surface area contributed by atoms with E-state index >= 15 is 0 Å². The molecule has 2 aliphatic rings. The molecule has 1 fully saturated rings. The summed E-state index contributed by atoms with van der Waals surface area (Å²) in [5.74, 6) is -3.88. The zero-order valence-electron chi connectivity index (χ0n) is 16.2. The number of nitrogens with zero attached hydrogens (tertiary/aromatic N) is 3. The number of guanidine groups is 1. The molecule has 8 nitrogen and oxygen atoms in total. The smallest absolute Gasteiger partial charge is 0.245 e. The van der Waals surface area contributed by atoms with Crippen molar-refractivity contribution in [1.82, 2.24) is 9.29 Å². The number of ether oxygens (including phenoxy) is 1. The largest absolute Gasteiger partial charge is 0.377 e. The molecule has 0 radical (unpaired) electrons. The first-order valence-electron chi connectivity index (χ1n) is 9.10. The van der Waals surface area contributed by atoms with Crippen LogP contribution in [0.5, 0.6) is 0 Å². The van der Waals surface area contributed by atoms with Gasteiger partial charge in [0.15, 0.2) is 11.6 Å². The Labute approximate surface area is 175 Å². The molecule has 0 spiro atoms.